The molecule has 5 N–H and O–H groups in total. The van der Waals surface area contributed by atoms with Crippen LogP contribution < -0.4 is 14.8 Å². The van der Waals surface area contributed by atoms with Gasteiger partial charge in [0.2, 0.25) is 5.91 Å². The molecule has 1 aromatic heterocycles. The van der Waals surface area contributed by atoms with E-state index >= 15 is 0 Å². The van der Waals surface area contributed by atoms with Gasteiger partial charge in [0, 0.05) is 85.1 Å². The number of nitrogens with one attached hydrogen (secondary N) is 1. The number of aromatic nitrogens is 2. The summed E-state index contributed by atoms with van der Waals surface area (Å²) < 4.78 is 13.3. The van der Waals surface area contributed by atoms with Crippen molar-refractivity contribution in [3.8, 4) is 28.4 Å². The van der Waals surface area contributed by atoms with E-state index in [2.05, 4.69) is 17.1 Å². The predicted octanol–water partition coefficient (Wildman–Crippen LogP) is 4.04. The zero-order valence-corrected chi connectivity index (χ0v) is 49.5. The number of carbonyl (C=O) groups excluding carboxylic acids is 3. The van der Waals surface area contributed by atoms with Crippen LogP contribution in [0.5, 0.6) is 11.5 Å². The Morgan fingerprint density at radius 2 is 1.18 bits per heavy atom. The maximum atomic E-state index is 14.6. The third kappa shape index (κ3) is 16.8. The molecule has 23 nitrogen and oxygen atoms in total. The molecule has 452 valence electrons. The Morgan fingerprint density at radius 1 is 0.671 bits per heavy atom. The van der Waals surface area contributed by atoms with Crippen LogP contribution in [0.1, 0.15) is 98.5 Å². The average Bonchev–Trinajstić information content (AvgIpc) is 3.87. The highest BCUT2D eigenvalue weighted by Crippen LogP contribution is 2.50. The van der Waals surface area contributed by atoms with Crippen molar-refractivity contribution >= 4 is 41.6 Å². The van der Waals surface area contributed by atoms with Gasteiger partial charge in [-0.1, -0.05) is 33.8 Å². The van der Waals surface area contributed by atoms with Crippen LogP contribution in [0, 0.1) is 23.7 Å². The molecule has 6 rings (SSSR count). The van der Waals surface area contributed by atoms with Gasteiger partial charge in [-0.05, 0) is 130 Å². The van der Waals surface area contributed by atoms with Gasteiger partial charge in [0.25, 0.3) is 11.8 Å². The monoisotopic (exact) mass is 1140 g/mol. The zero-order chi connectivity index (χ0) is 60.0. The van der Waals surface area contributed by atoms with Crippen molar-refractivity contribution in [2.75, 3.05) is 140 Å². The van der Waals surface area contributed by atoms with Crippen LogP contribution in [-0.4, -0.2) is 252 Å². The number of fused-ring (bicyclic) bond motifs is 2. The standard InChI is InChI=1S/C59H88N10O13/c1-39(2)45-33-43(15-16-47(45)69-48(55-49(81-8)13-10-14-50(55)82-9)34-46(61-69)56(77)60-59(58(79)80)41(4)31-42-29-40(3)30-44(59)32-42)57(78)64(7)20-12-18-62(5)17-11-19-63(6)51(70)35-65-21-23-66(36-52(71)72)25-27-68(38-54(75)76)28-26-67(24-22-65)37-53(73)74/h10,13-16,33-34,39-42,44H,11-12,17-32,35-38H2,1-9H3,(H,60,77)(H,71,72)(H,73,74)(H,75,76)(H,79,80). The minimum atomic E-state index is -1.47. The first-order chi connectivity index (χ1) is 38.9. The van der Waals surface area contributed by atoms with Crippen LogP contribution in [-0.2, 0) is 24.0 Å². The smallest absolute Gasteiger partial charge is 0.329 e. The Morgan fingerprint density at radius 3 is 1.67 bits per heavy atom. The van der Waals surface area contributed by atoms with Gasteiger partial charge in [-0.15, -0.1) is 0 Å². The van der Waals surface area contributed by atoms with E-state index in [9.17, 15) is 54.0 Å². The van der Waals surface area contributed by atoms with E-state index in [4.69, 9.17) is 14.6 Å². The number of methoxy groups -OCH3 is 2. The Bertz CT molecular complexity index is 2660. The molecule has 1 aliphatic heterocycles. The van der Waals surface area contributed by atoms with Gasteiger partial charge < -0.3 is 49.9 Å². The zero-order valence-electron chi connectivity index (χ0n) is 49.5. The number of benzene rings is 2. The number of carbonyl (C=O) groups is 7. The molecule has 2 aliphatic carbocycles. The van der Waals surface area contributed by atoms with Crippen LogP contribution in [0.3, 0.4) is 0 Å². The van der Waals surface area contributed by atoms with Crippen LogP contribution in [0.15, 0.2) is 42.5 Å². The predicted molar refractivity (Wildman–Crippen MR) is 308 cm³/mol. The molecule has 5 unspecified atom stereocenters. The van der Waals surface area contributed by atoms with Gasteiger partial charge in [-0.3, -0.25) is 48.4 Å². The van der Waals surface area contributed by atoms with Gasteiger partial charge in [0.15, 0.2) is 5.69 Å². The van der Waals surface area contributed by atoms with Gasteiger partial charge >= 0.3 is 23.9 Å². The number of carboxylic acids is 4. The molecule has 3 fully saturated rings. The van der Waals surface area contributed by atoms with Gasteiger partial charge in [-0.2, -0.15) is 5.10 Å². The minimum absolute atomic E-state index is 0.0243. The molecule has 1 saturated heterocycles. The summed E-state index contributed by atoms with van der Waals surface area (Å²) in [6.07, 6.45) is 4.57. The highest BCUT2D eigenvalue weighted by Gasteiger charge is 2.57. The number of hydrogen-bond acceptors (Lipinski definition) is 15. The van der Waals surface area contributed by atoms with Crippen LogP contribution >= 0.6 is 0 Å². The second kappa shape index (κ2) is 29.5. The van der Waals surface area contributed by atoms with E-state index in [1.165, 1.54) is 0 Å². The Hall–Kier alpha value is -6.66. The molecule has 82 heavy (non-hydrogen) atoms. The number of likely N-dealkylation sites (N-methyl/N-ethyl adjacent to an activating group) is 1. The highest BCUT2D eigenvalue weighted by atomic mass is 16.5. The maximum Gasteiger partial charge on any atom is 0.329 e. The van der Waals surface area contributed by atoms with E-state index < -0.39 is 35.3 Å². The molecule has 23 heteroatoms. The molecule has 0 spiro atoms. The molecule has 0 radical (unpaired) electrons. The van der Waals surface area contributed by atoms with Crippen molar-refractivity contribution in [2.24, 2.45) is 23.7 Å². The van der Waals surface area contributed by atoms with E-state index in [-0.39, 0.29) is 87.6 Å². The van der Waals surface area contributed by atoms with Crippen LogP contribution in [0.2, 0.25) is 0 Å². The lowest BCUT2D eigenvalue weighted by Crippen LogP contribution is -2.66. The Balaban J connectivity index is 1.08. The summed E-state index contributed by atoms with van der Waals surface area (Å²) in [4.78, 5) is 103. The van der Waals surface area contributed by atoms with Crippen LogP contribution in [0.25, 0.3) is 16.9 Å². The van der Waals surface area contributed by atoms with E-state index in [1.54, 1.807) is 87.8 Å². The molecule has 2 heterocycles. The molecule has 2 aromatic carbocycles. The summed E-state index contributed by atoms with van der Waals surface area (Å²) in [7, 11) is 8.59. The van der Waals surface area contributed by atoms with Crippen LogP contribution in [0.4, 0.5) is 0 Å². The fraction of sp³-hybridized carbons (Fsp3) is 0.627. The Kier molecular flexibility index (Phi) is 23.2. The maximum absolute atomic E-state index is 14.6. The number of rotatable bonds is 25. The number of ether oxygens (including phenoxy) is 2. The lowest BCUT2D eigenvalue weighted by atomic mass is 9.56. The van der Waals surface area contributed by atoms with Crippen molar-refractivity contribution in [1.82, 2.24) is 49.4 Å². The first kappa shape index (κ1) is 64.5. The molecule has 5 atom stereocenters. The third-order valence-corrected chi connectivity index (χ3v) is 16.8. The molecule has 2 saturated carbocycles. The minimum Gasteiger partial charge on any atom is -0.496 e. The highest BCUT2D eigenvalue weighted by molar-refractivity contribution is 5.98. The fourth-order valence-electron chi connectivity index (χ4n) is 12.4. The third-order valence-electron chi connectivity index (χ3n) is 16.8. The SMILES string of the molecule is COc1cccc(OC)c1-c1cc(C(=O)NC2(C(=O)O)C(C)CC3CC(C)CC2C3)nn1-c1ccc(C(=O)N(C)CCCN(C)CCCN(C)C(=O)CN2CCN(CC(=O)O)CCN(CC(=O)O)CCN(CC(=O)O)CC2)cc1C(C)C. The Labute approximate surface area is 482 Å². The molecule has 3 aromatic rings. The summed E-state index contributed by atoms with van der Waals surface area (Å²) in [5, 5.41) is 47.5. The number of aliphatic carboxylic acids is 4. The first-order valence-electron chi connectivity index (χ1n) is 28.7. The van der Waals surface area contributed by atoms with Crippen molar-refractivity contribution < 1.29 is 63.5 Å². The fourth-order valence-corrected chi connectivity index (χ4v) is 12.4. The molecule has 2 bridgehead atoms. The lowest BCUT2D eigenvalue weighted by Gasteiger charge is -2.52. The average molecular weight is 1150 g/mol. The number of carboxylic acid groups (broad SMARTS) is 4. The normalized spacial score (nSPS) is 21.5. The van der Waals surface area contributed by atoms with E-state index in [0.29, 0.717) is 124 Å². The summed E-state index contributed by atoms with van der Waals surface area (Å²) in [6, 6.07) is 12.4. The van der Waals surface area contributed by atoms with Gasteiger partial charge in [0.1, 0.15) is 17.0 Å². The number of amides is 3. The largest absolute Gasteiger partial charge is 0.496 e. The number of hydrogen-bond donors (Lipinski definition) is 5. The first-order valence-corrected chi connectivity index (χ1v) is 28.7. The quantitative estimate of drug-likeness (QED) is 0.0801. The van der Waals surface area contributed by atoms with Crippen molar-refractivity contribution in [2.45, 2.75) is 77.7 Å². The summed E-state index contributed by atoms with van der Waals surface area (Å²) in [5.41, 5.74) is 1.44. The number of nitrogens with zero attached hydrogens (tertiary/aromatic N) is 9. The summed E-state index contributed by atoms with van der Waals surface area (Å²) >= 11 is 0. The van der Waals surface area contributed by atoms with Gasteiger partial charge in [-0.25, -0.2) is 9.48 Å². The second-order valence-corrected chi connectivity index (χ2v) is 23.3. The van der Waals surface area contributed by atoms with Gasteiger partial charge in [0.05, 0.1) is 57.3 Å². The van der Waals surface area contributed by atoms with Crippen molar-refractivity contribution in [3.63, 3.8) is 0 Å². The lowest BCUT2D eigenvalue weighted by molar-refractivity contribution is -0.155. The van der Waals surface area contributed by atoms with Crippen molar-refractivity contribution in [3.05, 3.63) is 59.3 Å². The second-order valence-electron chi connectivity index (χ2n) is 23.3. The van der Waals surface area contributed by atoms with E-state index in [1.807, 2.05) is 44.9 Å². The topological polar surface area (TPSA) is 271 Å². The molecule has 3 amide bonds. The summed E-state index contributed by atoms with van der Waals surface area (Å²) in [6.45, 7) is 12.2. The summed E-state index contributed by atoms with van der Waals surface area (Å²) in [5.74, 6) is -3.94. The molecular formula is C59H88N10O13. The van der Waals surface area contributed by atoms with E-state index in [0.717, 1.165) is 18.4 Å². The van der Waals surface area contributed by atoms with Crippen molar-refractivity contribution in [1.29, 1.82) is 0 Å². The molecular weight excluding hydrogens is 1060 g/mol. The molecule has 3 aliphatic rings.